The van der Waals surface area contributed by atoms with Gasteiger partial charge in [-0.1, -0.05) is 30.3 Å². The maximum atomic E-state index is 12.8. The first-order chi connectivity index (χ1) is 15.6. The van der Waals surface area contributed by atoms with Gasteiger partial charge in [0.2, 0.25) is 11.7 Å². The monoisotopic (exact) mass is 449 g/mol. The molecule has 7 nitrogen and oxygen atoms in total. The highest BCUT2D eigenvalue weighted by atomic mass is 32.1. The lowest BCUT2D eigenvalue weighted by Gasteiger charge is -2.32. The van der Waals surface area contributed by atoms with Crippen LogP contribution in [0.2, 0.25) is 0 Å². The molecule has 0 aliphatic carbocycles. The van der Waals surface area contributed by atoms with E-state index in [4.69, 9.17) is 0 Å². The van der Waals surface area contributed by atoms with Crippen LogP contribution < -0.4 is 5.56 Å². The molecule has 0 atom stereocenters. The van der Waals surface area contributed by atoms with Crippen molar-refractivity contribution in [2.24, 2.45) is 13.0 Å². The number of benzene rings is 1. The summed E-state index contributed by atoms with van der Waals surface area (Å²) in [6.07, 6.45) is 5.12. The molecule has 0 radical (unpaired) electrons. The number of hydrogen-bond donors (Lipinski definition) is 0. The molecule has 4 heterocycles. The fraction of sp³-hybridized carbons (Fsp3) is 0.417. The van der Waals surface area contributed by atoms with Crippen molar-refractivity contribution in [2.75, 3.05) is 13.1 Å². The number of piperidine rings is 1. The second-order valence-electron chi connectivity index (χ2n) is 8.62. The van der Waals surface area contributed by atoms with Crippen molar-refractivity contribution in [1.82, 2.24) is 24.1 Å². The molecule has 0 N–H and O–H groups in total. The van der Waals surface area contributed by atoms with Crippen LogP contribution in [0.25, 0.3) is 16.0 Å². The number of thiophene rings is 1. The van der Waals surface area contributed by atoms with Gasteiger partial charge in [-0.2, -0.15) is 0 Å². The summed E-state index contributed by atoms with van der Waals surface area (Å²) >= 11 is 1.43. The minimum atomic E-state index is -0.0488. The Kier molecular flexibility index (Phi) is 5.78. The van der Waals surface area contributed by atoms with E-state index in [1.807, 2.05) is 20.7 Å². The lowest BCUT2D eigenvalue weighted by atomic mass is 9.90. The molecule has 8 heteroatoms. The standard InChI is InChI=1S/C24H27N5O2S/c1-27-23(31)22-19(12-15-32-22)29-20(25-26-24(27)29)8-5-9-21(30)28-13-10-18(11-14-28)16-17-6-3-2-4-7-17/h2-4,6-7,12,15,18H,5,8-11,13-14,16H2,1H3. The van der Waals surface area contributed by atoms with Gasteiger partial charge in [0.05, 0.1) is 5.52 Å². The van der Waals surface area contributed by atoms with Crippen LogP contribution in [0.3, 0.4) is 0 Å². The second kappa shape index (κ2) is 8.86. The predicted octanol–water partition coefficient (Wildman–Crippen LogP) is 3.45. The number of hydrogen-bond acceptors (Lipinski definition) is 5. The number of fused-ring (bicyclic) bond motifs is 3. The van der Waals surface area contributed by atoms with Crippen LogP contribution in [0, 0.1) is 5.92 Å². The number of nitrogens with zero attached hydrogens (tertiary/aromatic N) is 5. The smallest absolute Gasteiger partial charge is 0.272 e. The third-order valence-corrected chi connectivity index (χ3v) is 7.41. The molecular weight excluding hydrogens is 422 g/mol. The molecule has 1 amide bonds. The lowest BCUT2D eigenvalue weighted by molar-refractivity contribution is -0.132. The highest BCUT2D eigenvalue weighted by Crippen LogP contribution is 2.23. The molecule has 1 aliphatic rings. The Bertz CT molecular complexity index is 1300. The van der Waals surface area contributed by atoms with Crippen molar-refractivity contribution in [3.05, 3.63) is 63.5 Å². The lowest BCUT2D eigenvalue weighted by Crippen LogP contribution is -2.38. The molecule has 32 heavy (non-hydrogen) atoms. The van der Waals surface area contributed by atoms with Crippen LogP contribution in [0.15, 0.2) is 46.6 Å². The highest BCUT2D eigenvalue weighted by Gasteiger charge is 2.23. The molecule has 1 fully saturated rings. The van der Waals surface area contributed by atoms with E-state index < -0.39 is 0 Å². The third-order valence-electron chi connectivity index (χ3n) is 6.52. The van der Waals surface area contributed by atoms with E-state index in [-0.39, 0.29) is 11.5 Å². The zero-order chi connectivity index (χ0) is 22.1. The molecule has 166 valence electrons. The van der Waals surface area contributed by atoms with E-state index in [0.29, 0.717) is 29.2 Å². The van der Waals surface area contributed by atoms with Crippen LogP contribution in [-0.4, -0.2) is 43.1 Å². The molecule has 1 aromatic carbocycles. The predicted molar refractivity (Wildman–Crippen MR) is 126 cm³/mol. The largest absolute Gasteiger partial charge is 0.343 e. The Balaban J connectivity index is 1.17. The van der Waals surface area contributed by atoms with Crippen LogP contribution in [0.1, 0.15) is 37.1 Å². The Labute approximate surface area is 190 Å². The molecule has 4 aromatic rings. The van der Waals surface area contributed by atoms with Crippen molar-refractivity contribution in [3.8, 4) is 0 Å². The van der Waals surface area contributed by atoms with Gasteiger partial charge in [-0.25, -0.2) is 0 Å². The number of carbonyl (C=O) groups is 1. The highest BCUT2D eigenvalue weighted by molar-refractivity contribution is 7.17. The summed E-state index contributed by atoms with van der Waals surface area (Å²) in [5.74, 6) is 2.23. The maximum Gasteiger partial charge on any atom is 0.272 e. The van der Waals surface area contributed by atoms with Crippen LogP contribution in [-0.2, 0) is 24.7 Å². The minimum absolute atomic E-state index is 0.0488. The summed E-state index contributed by atoms with van der Waals surface area (Å²) in [5.41, 5.74) is 2.18. The van der Waals surface area contributed by atoms with Gasteiger partial charge in [-0.15, -0.1) is 21.5 Å². The third kappa shape index (κ3) is 3.95. The van der Waals surface area contributed by atoms with Gasteiger partial charge >= 0.3 is 0 Å². The normalized spacial score (nSPS) is 15.1. The Hall–Kier alpha value is -3.00. The Morgan fingerprint density at radius 3 is 2.69 bits per heavy atom. The van der Waals surface area contributed by atoms with Gasteiger partial charge < -0.3 is 4.90 Å². The van der Waals surface area contributed by atoms with Crippen molar-refractivity contribution >= 4 is 33.2 Å². The van der Waals surface area contributed by atoms with Crippen LogP contribution in [0.4, 0.5) is 0 Å². The summed E-state index contributed by atoms with van der Waals surface area (Å²) in [7, 11) is 1.72. The number of carbonyl (C=O) groups excluding carboxylic acids is 1. The average molecular weight is 450 g/mol. The zero-order valence-electron chi connectivity index (χ0n) is 18.2. The van der Waals surface area contributed by atoms with E-state index in [2.05, 4.69) is 40.5 Å². The van der Waals surface area contributed by atoms with E-state index in [0.717, 1.165) is 50.1 Å². The summed E-state index contributed by atoms with van der Waals surface area (Å²) in [6.45, 7) is 1.70. The number of aromatic nitrogens is 4. The van der Waals surface area contributed by atoms with Gasteiger partial charge in [0.25, 0.3) is 5.56 Å². The molecule has 5 rings (SSSR count). The molecule has 0 spiro atoms. The summed E-state index contributed by atoms with van der Waals surface area (Å²) in [6, 6.07) is 12.6. The SMILES string of the molecule is Cn1c(=O)c2sccc2n2c(CCCC(=O)N3CCC(Cc4ccccc4)CC3)nnc12. The molecule has 1 aliphatic heterocycles. The first-order valence-electron chi connectivity index (χ1n) is 11.2. The number of aryl methyl sites for hydroxylation is 2. The Morgan fingerprint density at radius 2 is 1.91 bits per heavy atom. The van der Waals surface area contributed by atoms with Gasteiger partial charge in [0, 0.05) is 33.0 Å². The number of amides is 1. The zero-order valence-corrected chi connectivity index (χ0v) is 19.1. The fourth-order valence-electron chi connectivity index (χ4n) is 4.70. The van der Waals surface area contributed by atoms with E-state index in [1.165, 1.54) is 16.9 Å². The molecule has 0 bridgehead atoms. The summed E-state index contributed by atoms with van der Waals surface area (Å²) < 4.78 is 4.20. The summed E-state index contributed by atoms with van der Waals surface area (Å²) in [4.78, 5) is 27.2. The van der Waals surface area contributed by atoms with Crippen molar-refractivity contribution in [2.45, 2.75) is 38.5 Å². The second-order valence-corrected chi connectivity index (χ2v) is 9.53. The number of rotatable bonds is 6. The van der Waals surface area contributed by atoms with Crippen molar-refractivity contribution in [1.29, 1.82) is 0 Å². The van der Waals surface area contributed by atoms with Crippen LogP contribution >= 0.6 is 11.3 Å². The van der Waals surface area contributed by atoms with E-state index >= 15 is 0 Å². The van der Waals surface area contributed by atoms with Gasteiger partial charge in [0.15, 0.2) is 0 Å². The van der Waals surface area contributed by atoms with E-state index in [9.17, 15) is 9.59 Å². The van der Waals surface area contributed by atoms with E-state index in [1.54, 1.807) is 11.6 Å². The first kappa shape index (κ1) is 20.9. The van der Waals surface area contributed by atoms with Crippen LogP contribution in [0.5, 0.6) is 0 Å². The summed E-state index contributed by atoms with van der Waals surface area (Å²) in [5, 5.41) is 10.5. The van der Waals surface area contributed by atoms with Gasteiger partial charge in [-0.05, 0) is 48.6 Å². The first-order valence-corrected chi connectivity index (χ1v) is 12.1. The fourth-order valence-corrected chi connectivity index (χ4v) is 5.56. The molecular formula is C24H27N5O2S. The maximum absolute atomic E-state index is 12.8. The van der Waals surface area contributed by atoms with Gasteiger partial charge in [-0.3, -0.25) is 18.6 Å². The molecule has 3 aromatic heterocycles. The quantitative estimate of drug-likeness (QED) is 0.452. The number of likely N-dealkylation sites (tertiary alicyclic amines) is 1. The van der Waals surface area contributed by atoms with Crippen molar-refractivity contribution < 1.29 is 4.79 Å². The van der Waals surface area contributed by atoms with Gasteiger partial charge in [0.1, 0.15) is 10.5 Å². The average Bonchev–Trinajstić information content (AvgIpc) is 3.46. The molecule has 0 unspecified atom stereocenters. The van der Waals surface area contributed by atoms with Crippen molar-refractivity contribution in [3.63, 3.8) is 0 Å². The molecule has 1 saturated heterocycles. The molecule has 0 saturated carbocycles. The Morgan fingerprint density at radius 1 is 1.12 bits per heavy atom. The minimum Gasteiger partial charge on any atom is -0.343 e. The topological polar surface area (TPSA) is 72.5 Å².